The SMILES string of the molecule is CC1(C)CCCC1(CN)N1CCc2ccc(F)cc21. The summed E-state index contributed by atoms with van der Waals surface area (Å²) in [7, 11) is 0. The monoisotopic (exact) mass is 262 g/mol. The second kappa shape index (κ2) is 4.20. The minimum absolute atomic E-state index is 0.00789. The molecule has 2 aliphatic rings. The van der Waals surface area contributed by atoms with Crippen LogP contribution < -0.4 is 10.6 Å². The van der Waals surface area contributed by atoms with Crippen LogP contribution in [0.4, 0.5) is 10.1 Å². The average molecular weight is 262 g/mol. The first-order valence-electron chi connectivity index (χ1n) is 7.26. The molecule has 1 atom stereocenters. The minimum atomic E-state index is -0.145. The highest BCUT2D eigenvalue weighted by molar-refractivity contribution is 5.61. The Bertz CT molecular complexity index is 498. The van der Waals surface area contributed by atoms with Crippen molar-refractivity contribution in [2.45, 2.75) is 45.1 Å². The van der Waals surface area contributed by atoms with Crippen LogP contribution in [0.15, 0.2) is 18.2 Å². The highest BCUT2D eigenvalue weighted by atomic mass is 19.1. The minimum Gasteiger partial charge on any atom is -0.363 e. The molecular weight excluding hydrogens is 239 g/mol. The van der Waals surface area contributed by atoms with Crippen molar-refractivity contribution >= 4 is 5.69 Å². The van der Waals surface area contributed by atoms with E-state index in [-0.39, 0.29) is 16.8 Å². The molecule has 1 aromatic carbocycles. The van der Waals surface area contributed by atoms with Gasteiger partial charge in [0.15, 0.2) is 0 Å². The summed E-state index contributed by atoms with van der Waals surface area (Å²) in [5.74, 6) is -0.145. The van der Waals surface area contributed by atoms with Crippen molar-refractivity contribution in [2.75, 3.05) is 18.0 Å². The van der Waals surface area contributed by atoms with Gasteiger partial charge in [0, 0.05) is 18.8 Å². The molecule has 1 aliphatic heterocycles. The van der Waals surface area contributed by atoms with E-state index < -0.39 is 0 Å². The van der Waals surface area contributed by atoms with Crippen LogP contribution >= 0.6 is 0 Å². The predicted molar refractivity (Wildman–Crippen MR) is 76.9 cm³/mol. The summed E-state index contributed by atoms with van der Waals surface area (Å²) >= 11 is 0. The van der Waals surface area contributed by atoms with Crippen molar-refractivity contribution in [2.24, 2.45) is 11.1 Å². The molecule has 3 rings (SSSR count). The highest BCUT2D eigenvalue weighted by Crippen LogP contribution is 2.52. The maximum Gasteiger partial charge on any atom is 0.125 e. The van der Waals surface area contributed by atoms with E-state index in [1.165, 1.54) is 18.4 Å². The predicted octanol–water partition coefficient (Wildman–Crippen LogP) is 3.10. The zero-order valence-electron chi connectivity index (χ0n) is 11.9. The van der Waals surface area contributed by atoms with Gasteiger partial charge in [-0.15, -0.1) is 0 Å². The average Bonchev–Trinajstić information content (AvgIpc) is 2.90. The Labute approximate surface area is 114 Å². The number of rotatable bonds is 2. The third kappa shape index (κ3) is 1.71. The van der Waals surface area contributed by atoms with E-state index >= 15 is 0 Å². The van der Waals surface area contributed by atoms with Gasteiger partial charge in [0.05, 0.1) is 5.54 Å². The summed E-state index contributed by atoms with van der Waals surface area (Å²) in [6, 6.07) is 5.18. The number of fused-ring (bicyclic) bond motifs is 1. The quantitative estimate of drug-likeness (QED) is 0.887. The van der Waals surface area contributed by atoms with Crippen LogP contribution in [0.2, 0.25) is 0 Å². The number of nitrogens with zero attached hydrogens (tertiary/aromatic N) is 1. The molecule has 1 heterocycles. The van der Waals surface area contributed by atoms with Gasteiger partial charge >= 0.3 is 0 Å². The van der Waals surface area contributed by atoms with Crippen molar-refractivity contribution in [3.05, 3.63) is 29.6 Å². The second-order valence-corrected chi connectivity index (χ2v) is 6.65. The summed E-state index contributed by atoms with van der Waals surface area (Å²) in [6.07, 6.45) is 4.54. The molecule has 0 saturated heterocycles. The first kappa shape index (κ1) is 12.9. The van der Waals surface area contributed by atoms with E-state index in [0.29, 0.717) is 6.54 Å². The third-order valence-electron chi connectivity index (χ3n) is 5.45. The summed E-state index contributed by atoms with van der Waals surface area (Å²) in [4.78, 5) is 2.40. The van der Waals surface area contributed by atoms with Gasteiger partial charge in [0.2, 0.25) is 0 Å². The van der Waals surface area contributed by atoms with E-state index in [9.17, 15) is 4.39 Å². The molecule has 0 aromatic heterocycles. The smallest absolute Gasteiger partial charge is 0.125 e. The van der Waals surface area contributed by atoms with E-state index in [0.717, 1.165) is 25.1 Å². The Balaban J connectivity index is 2.07. The number of anilines is 1. The fraction of sp³-hybridized carbons (Fsp3) is 0.625. The molecule has 2 nitrogen and oxygen atoms in total. The van der Waals surface area contributed by atoms with Gasteiger partial charge in [-0.2, -0.15) is 0 Å². The van der Waals surface area contributed by atoms with Gasteiger partial charge in [-0.3, -0.25) is 0 Å². The molecule has 1 aromatic rings. The van der Waals surface area contributed by atoms with Crippen LogP contribution in [0.3, 0.4) is 0 Å². The molecule has 0 amide bonds. The standard InChI is InChI=1S/C16H23FN2/c1-15(2)7-3-8-16(15,11-18)19-9-6-12-4-5-13(17)10-14(12)19/h4-5,10H,3,6-9,11,18H2,1-2H3. The Morgan fingerprint density at radius 2 is 2.11 bits per heavy atom. The van der Waals surface area contributed by atoms with Gasteiger partial charge in [0.1, 0.15) is 5.82 Å². The Morgan fingerprint density at radius 1 is 1.32 bits per heavy atom. The zero-order chi connectivity index (χ0) is 13.7. The Hall–Kier alpha value is -1.09. The third-order valence-corrected chi connectivity index (χ3v) is 5.45. The van der Waals surface area contributed by atoms with Crippen LogP contribution in [0, 0.1) is 11.2 Å². The van der Waals surface area contributed by atoms with Crippen LogP contribution in [-0.4, -0.2) is 18.6 Å². The Kier molecular flexibility index (Phi) is 2.86. The van der Waals surface area contributed by atoms with Crippen molar-refractivity contribution in [1.82, 2.24) is 0 Å². The Morgan fingerprint density at radius 3 is 2.74 bits per heavy atom. The maximum atomic E-state index is 13.6. The molecule has 1 unspecified atom stereocenters. The number of nitrogens with two attached hydrogens (primary N) is 1. The maximum absolute atomic E-state index is 13.6. The van der Waals surface area contributed by atoms with Crippen LogP contribution in [-0.2, 0) is 6.42 Å². The summed E-state index contributed by atoms with van der Waals surface area (Å²) in [6.45, 7) is 6.24. The van der Waals surface area contributed by atoms with E-state index in [2.05, 4.69) is 18.7 Å². The number of hydrogen-bond donors (Lipinski definition) is 1. The lowest BCUT2D eigenvalue weighted by Gasteiger charge is -2.49. The molecule has 0 spiro atoms. The lowest BCUT2D eigenvalue weighted by molar-refractivity contribution is 0.202. The molecular formula is C16H23FN2. The number of hydrogen-bond acceptors (Lipinski definition) is 2. The van der Waals surface area contributed by atoms with Crippen molar-refractivity contribution < 1.29 is 4.39 Å². The molecule has 104 valence electrons. The van der Waals surface area contributed by atoms with Crippen molar-refractivity contribution in [1.29, 1.82) is 0 Å². The second-order valence-electron chi connectivity index (χ2n) is 6.65. The molecule has 1 saturated carbocycles. The van der Waals surface area contributed by atoms with Gasteiger partial charge in [-0.1, -0.05) is 26.3 Å². The van der Waals surface area contributed by atoms with E-state index in [1.807, 2.05) is 6.07 Å². The van der Waals surface area contributed by atoms with Crippen LogP contribution in [0.25, 0.3) is 0 Å². The molecule has 0 radical (unpaired) electrons. The largest absolute Gasteiger partial charge is 0.363 e. The summed E-state index contributed by atoms with van der Waals surface area (Å²) in [5, 5.41) is 0. The molecule has 19 heavy (non-hydrogen) atoms. The molecule has 2 N–H and O–H groups in total. The van der Waals surface area contributed by atoms with Gasteiger partial charge in [0.25, 0.3) is 0 Å². The highest BCUT2D eigenvalue weighted by Gasteiger charge is 2.52. The first-order chi connectivity index (χ1) is 9.00. The molecule has 3 heteroatoms. The van der Waals surface area contributed by atoms with E-state index in [1.54, 1.807) is 12.1 Å². The topological polar surface area (TPSA) is 29.3 Å². The first-order valence-corrected chi connectivity index (χ1v) is 7.26. The lowest BCUT2D eigenvalue weighted by atomic mass is 9.73. The fourth-order valence-corrected chi connectivity index (χ4v) is 4.18. The number of halogens is 1. The summed E-state index contributed by atoms with van der Waals surface area (Å²) < 4.78 is 13.6. The van der Waals surface area contributed by atoms with E-state index in [4.69, 9.17) is 5.73 Å². The fourth-order valence-electron chi connectivity index (χ4n) is 4.18. The van der Waals surface area contributed by atoms with Crippen LogP contribution in [0.1, 0.15) is 38.7 Å². The zero-order valence-corrected chi connectivity index (χ0v) is 11.9. The lowest BCUT2D eigenvalue weighted by Crippen LogP contribution is -2.59. The molecule has 1 aliphatic carbocycles. The van der Waals surface area contributed by atoms with Crippen molar-refractivity contribution in [3.8, 4) is 0 Å². The van der Waals surface area contributed by atoms with Crippen molar-refractivity contribution in [3.63, 3.8) is 0 Å². The molecule has 1 fully saturated rings. The summed E-state index contributed by atoms with van der Waals surface area (Å²) in [5.41, 5.74) is 8.70. The normalized spacial score (nSPS) is 28.7. The van der Waals surface area contributed by atoms with Crippen LogP contribution in [0.5, 0.6) is 0 Å². The van der Waals surface area contributed by atoms with Gasteiger partial charge in [-0.05, 0) is 42.4 Å². The van der Waals surface area contributed by atoms with Gasteiger partial charge < -0.3 is 10.6 Å². The van der Waals surface area contributed by atoms with Gasteiger partial charge in [-0.25, -0.2) is 4.39 Å². The molecule has 0 bridgehead atoms. The number of benzene rings is 1.